The third kappa shape index (κ3) is 0.986. The van der Waals surface area contributed by atoms with E-state index in [-0.39, 0.29) is 11.7 Å². The Balaban J connectivity index is 2.41. The maximum absolute atomic E-state index is 10.2. The molecule has 1 N–H and O–H groups in total. The summed E-state index contributed by atoms with van der Waals surface area (Å²) in [6.07, 6.45) is 3.68. The second-order valence-corrected chi connectivity index (χ2v) is 2.01. The second-order valence-electron chi connectivity index (χ2n) is 2.01. The van der Waals surface area contributed by atoms with E-state index in [0.717, 1.165) is 0 Å². The summed E-state index contributed by atoms with van der Waals surface area (Å²) < 4.78 is 4.55. The first-order valence-corrected chi connectivity index (χ1v) is 3.19. The van der Waals surface area contributed by atoms with Crippen molar-refractivity contribution in [2.45, 2.75) is 0 Å². The maximum atomic E-state index is 10.2. The van der Waals surface area contributed by atoms with Gasteiger partial charge in [-0.05, 0) is 0 Å². The van der Waals surface area contributed by atoms with Crippen molar-refractivity contribution in [1.29, 1.82) is 0 Å². The molecule has 2 aromatic heterocycles. The number of hydrogen-bond acceptors (Lipinski definition) is 5. The Morgan fingerprint density at radius 1 is 1.58 bits per heavy atom. The standard InChI is InChI=1S/C6H4N4O2/c11-3-4-9-6(10-12-4)5-7-1-2-8-5/h1-3H,(H,7,8). The van der Waals surface area contributed by atoms with Crippen LogP contribution in [-0.2, 0) is 0 Å². The van der Waals surface area contributed by atoms with E-state index < -0.39 is 0 Å². The van der Waals surface area contributed by atoms with Gasteiger partial charge in [0, 0.05) is 12.4 Å². The number of H-pyrrole nitrogens is 1. The summed E-state index contributed by atoms with van der Waals surface area (Å²) in [6.45, 7) is 0. The molecule has 0 radical (unpaired) electrons. The normalized spacial score (nSPS) is 10.0. The Hall–Kier alpha value is -1.98. The number of aromatic amines is 1. The summed E-state index contributed by atoms with van der Waals surface area (Å²) in [5, 5.41) is 3.52. The van der Waals surface area contributed by atoms with E-state index in [1.165, 1.54) is 0 Å². The minimum absolute atomic E-state index is 0.0543. The highest BCUT2D eigenvalue weighted by Gasteiger charge is 2.08. The lowest BCUT2D eigenvalue weighted by Gasteiger charge is -1.80. The van der Waals surface area contributed by atoms with Crippen LogP contribution in [0.4, 0.5) is 0 Å². The third-order valence-corrected chi connectivity index (χ3v) is 1.25. The number of nitrogens with one attached hydrogen (secondary N) is 1. The minimum atomic E-state index is -0.0543. The van der Waals surface area contributed by atoms with Gasteiger partial charge in [-0.2, -0.15) is 4.98 Å². The van der Waals surface area contributed by atoms with E-state index >= 15 is 0 Å². The van der Waals surface area contributed by atoms with Crippen molar-refractivity contribution in [2.24, 2.45) is 0 Å². The summed E-state index contributed by atoms with van der Waals surface area (Å²) in [4.78, 5) is 20.6. The highest BCUT2D eigenvalue weighted by Crippen LogP contribution is 2.07. The molecule has 0 amide bonds. The monoisotopic (exact) mass is 164 g/mol. The Bertz CT molecular complexity index is 378. The van der Waals surface area contributed by atoms with E-state index in [1.54, 1.807) is 12.4 Å². The number of rotatable bonds is 2. The number of aromatic nitrogens is 4. The fraction of sp³-hybridized carbons (Fsp3) is 0. The summed E-state index contributed by atoms with van der Waals surface area (Å²) >= 11 is 0. The van der Waals surface area contributed by atoms with Gasteiger partial charge in [0.05, 0.1) is 0 Å². The fourth-order valence-electron chi connectivity index (χ4n) is 0.767. The molecule has 12 heavy (non-hydrogen) atoms. The molecule has 0 spiro atoms. The van der Waals surface area contributed by atoms with Crippen LogP contribution in [0.2, 0.25) is 0 Å². The Morgan fingerprint density at radius 2 is 2.50 bits per heavy atom. The zero-order valence-electron chi connectivity index (χ0n) is 5.89. The van der Waals surface area contributed by atoms with Crippen molar-refractivity contribution < 1.29 is 9.32 Å². The Kier molecular flexibility index (Phi) is 1.44. The molecule has 0 saturated heterocycles. The van der Waals surface area contributed by atoms with E-state index in [1.807, 2.05) is 0 Å². The average Bonchev–Trinajstić information content (AvgIpc) is 2.75. The van der Waals surface area contributed by atoms with Gasteiger partial charge in [0.2, 0.25) is 12.1 Å². The lowest BCUT2D eigenvalue weighted by atomic mass is 10.6. The number of nitrogens with zero attached hydrogens (tertiary/aromatic N) is 3. The number of imidazole rings is 1. The van der Waals surface area contributed by atoms with E-state index in [9.17, 15) is 4.79 Å². The molecule has 2 aromatic rings. The van der Waals surface area contributed by atoms with E-state index in [2.05, 4.69) is 24.6 Å². The molecule has 0 aliphatic rings. The number of aldehydes is 1. The van der Waals surface area contributed by atoms with Crippen LogP contribution in [0, 0.1) is 0 Å². The van der Waals surface area contributed by atoms with Gasteiger partial charge in [-0.3, -0.25) is 4.79 Å². The second kappa shape index (κ2) is 2.57. The largest absolute Gasteiger partial charge is 0.342 e. The summed E-state index contributed by atoms with van der Waals surface area (Å²) in [5.74, 6) is 0.704. The van der Waals surface area contributed by atoms with Gasteiger partial charge in [-0.1, -0.05) is 5.16 Å². The van der Waals surface area contributed by atoms with Gasteiger partial charge < -0.3 is 9.51 Å². The summed E-state index contributed by atoms with van der Waals surface area (Å²) in [5.41, 5.74) is 0. The Morgan fingerprint density at radius 3 is 3.08 bits per heavy atom. The molecule has 2 rings (SSSR count). The van der Waals surface area contributed by atoms with Crippen LogP contribution in [0.25, 0.3) is 11.6 Å². The molecule has 60 valence electrons. The van der Waals surface area contributed by atoms with Crippen LogP contribution in [0.3, 0.4) is 0 Å². The maximum Gasteiger partial charge on any atom is 0.291 e. The molecule has 0 aliphatic heterocycles. The van der Waals surface area contributed by atoms with Gasteiger partial charge in [-0.25, -0.2) is 4.98 Å². The van der Waals surface area contributed by atoms with Crippen molar-refractivity contribution in [3.05, 3.63) is 18.3 Å². The first-order valence-electron chi connectivity index (χ1n) is 3.19. The van der Waals surface area contributed by atoms with Gasteiger partial charge in [0.25, 0.3) is 5.89 Å². The van der Waals surface area contributed by atoms with Crippen molar-refractivity contribution in [3.63, 3.8) is 0 Å². The van der Waals surface area contributed by atoms with Gasteiger partial charge in [-0.15, -0.1) is 0 Å². The smallest absolute Gasteiger partial charge is 0.291 e. The molecule has 0 fully saturated rings. The molecular weight excluding hydrogens is 160 g/mol. The number of hydrogen-bond donors (Lipinski definition) is 1. The van der Waals surface area contributed by atoms with Crippen LogP contribution in [0.1, 0.15) is 10.7 Å². The zero-order valence-corrected chi connectivity index (χ0v) is 5.89. The van der Waals surface area contributed by atoms with Crippen LogP contribution in [0.15, 0.2) is 16.9 Å². The van der Waals surface area contributed by atoms with Crippen molar-refractivity contribution in [1.82, 2.24) is 20.1 Å². The van der Waals surface area contributed by atoms with Crippen molar-refractivity contribution in [3.8, 4) is 11.6 Å². The molecule has 6 heteroatoms. The fourth-order valence-corrected chi connectivity index (χ4v) is 0.767. The average molecular weight is 164 g/mol. The highest BCUT2D eigenvalue weighted by molar-refractivity contribution is 5.68. The van der Waals surface area contributed by atoms with Crippen LogP contribution in [-0.4, -0.2) is 26.4 Å². The van der Waals surface area contributed by atoms with Crippen LogP contribution in [0.5, 0.6) is 0 Å². The lowest BCUT2D eigenvalue weighted by Crippen LogP contribution is -1.83. The molecule has 0 bridgehead atoms. The quantitative estimate of drug-likeness (QED) is 0.644. The van der Waals surface area contributed by atoms with E-state index in [0.29, 0.717) is 12.1 Å². The predicted molar refractivity (Wildman–Crippen MR) is 37.3 cm³/mol. The zero-order chi connectivity index (χ0) is 8.39. The summed E-state index contributed by atoms with van der Waals surface area (Å²) in [6, 6.07) is 0. The molecule has 0 atom stereocenters. The minimum Gasteiger partial charge on any atom is -0.342 e. The lowest BCUT2D eigenvalue weighted by molar-refractivity contribution is 0.108. The SMILES string of the molecule is O=Cc1nc(-c2ncc[nH]2)no1. The first-order chi connectivity index (χ1) is 5.90. The van der Waals surface area contributed by atoms with Gasteiger partial charge in [0.1, 0.15) is 0 Å². The first kappa shape index (κ1) is 6.71. The predicted octanol–water partition coefficient (Wildman–Crippen LogP) is 0.272. The van der Waals surface area contributed by atoms with Crippen LogP contribution >= 0.6 is 0 Å². The third-order valence-electron chi connectivity index (χ3n) is 1.25. The molecule has 0 saturated carbocycles. The van der Waals surface area contributed by atoms with Crippen LogP contribution < -0.4 is 0 Å². The van der Waals surface area contributed by atoms with Gasteiger partial charge >= 0.3 is 0 Å². The van der Waals surface area contributed by atoms with Crippen molar-refractivity contribution >= 4 is 6.29 Å². The molecule has 0 aliphatic carbocycles. The number of carbonyl (C=O) groups is 1. The van der Waals surface area contributed by atoms with E-state index in [4.69, 9.17) is 0 Å². The molecule has 6 nitrogen and oxygen atoms in total. The molecule has 0 aromatic carbocycles. The molecular formula is C6H4N4O2. The summed E-state index contributed by atoms with van der Waals surface area (Å²) in [7, 11) is 0. The molecule has 2 heterocycles. The highest BCUT2D eigenvalue weighted by atomic mass is 16.5. The topological polar surface area (TPSA) is 84.7 Å². The van der Waals surface area contributed by atoms with Gasteiger partial charge in [0.15, 0.2) is 5.82 Å². The molecule has 0 unspecified atom stereocenters. The Labute approximate surface area is 66.6 Å². The van der Waals surface area contributed by atoms with Crippen molar-refractivity contribution in [2.75, 3.05) is 0 Å². The number of carbonyl (C=O) groups excluding carboxylic acids is 1.